The van der Waals surface area contributed by atoms with Crippen molar-refractivity contribution in [2.75, 3.05) is 6.61 Å². The van der Waals surface area contributed by atoms with Gasteiger partial charge in [-0.25, -0.2) is 41.4 Å². The van der Waals surface area contributed by atoms with E-state index in [1.807, 2.05) is 24.3 Å². The van der Waals surface area contributed by atoms with Gasteiger partial charge in [-0.1, -0.05) is 30.3 Å². The maximum absolute atomic E-state index is 14.1. The van der Waals surface area contributed by atoms with Gasteiger partial charge in [0.15, 0.2) is 11.3 Å². The Kier molecular flexibility index (Phi) is 9.68. The van der Waals surface area contributed by atoms with Crippen LogP contribution in [0, 0.1) is 23.3 Å². The average molecular weight is 716 g/mol. The van der Waals surface area contributed by atoms with Gasteiger partial charge in [-0.3, -0.25) is 4.79 Å². The topological polar surface area (TPSA) is 136 Å². The highest BCUT2D eigenvalue weighted by Gasteiger charge is 2.24. The molecule has 0 spiro atoms. The number of carbonyl (C=O) groups excluding carboxylic acids is 1. The smallest absolute Gasteiger partial charge is 0.337 e. The standard InChI is InChI=1S/C22H16F2N4O2.C13H7F2N3O2.H2S/c23-15-5-3-6-16(24)21(15)18-12-25-20-10-13(11-26-28(18)20)22(29)27-17-8-9-30-19-7-2-1-4-14(17)19;14-8-2-1-3-9(15)12(8)10-6-16-11-4-7(13(19)20)5-17-18(10)11;/h1-7,10-12,17H,8-9H2,(H,27,29);1-6H,(H,19,20);1H2/t17-;;/m0../s1. The van der Waals surface area contributed by atoms with Crippen LogP contribution in [0.15, 0.2) is 97.6 Å². The zero-order chi connectivity index (χ0) is 34.9. The molecule has 8 rings (SSSR count). The summed E-state index contributed by atoms with van der Waals surface area (Å²) >= 11 is 0. The van der Waals surface area contributed by atoms with Gasteiger partial charge in [0.05, 0.1) is 71.1 Å². The van der Waals surface area contributed by atoms with Gasteiger partial charge in [0, 0.05) is 12.0 Å². The normalized spacial score (nSPS) is 13.4. The van der Waals surface area contributed by atoms with Crippen molar-refractivity contribution in [3.63, 3.8) is 0 Å². The first-order valence-corrected chi connectivity index (χ1v) is 15.0. The monoisotopic (exact) mass is 715 g/mol. The van der Waals surface area contributed by atoms with E-state index in [-0.39, 0.29) is 59.2 Å². The summed E-state index contributed by atoms with van der Waals surface area (Å²) in [6.07, 6.45) is 5.69. The van der Waals surface area contributed by atoms with E-state index in [1.165, 1.54) is 64.0 Å². The Bertz CT molecular complexity index is 2400. The molecule has 11 nitrogen and oxygen atoms in total. The first-order chi connectivity index (χ1) is 24.2. The van der Waals surface area contributed by atoms with Crippen molar-refractivity contribution in [2.24, 2.45) is 0 Å². The molecule has 258 valence electrons. The van der Waals surface area contributed by atoms with E-state index in [9.17, 15) is 27.2 Å². The molecule has 0 radical (unpaired) electrons. The Balaban J connectivity index is 0.000000186. The number of carboxylic acid groups (broad SMARTS) is 1. The maximum atomic E-state index is 14.1. The predicted octanol–water partition coefficient (Wildman–Crippen LogP) is 6.41. The second-order valence-corrected chi connectivity index (χ2v) is 11.0. The molecule has 0 bridgehead atoms. The van der Waals surface area contributed by atoms with Crippen LogP contribution >= 0.6 is 13.5 Å². The molecule has 1 aliphatic rings. The molecule has 0 aliphatic carbocycles. The van der Waals surface area contributed by atoms with Crippen molar-refractivity contribution in [1.82, 2.24) is 34.5 Å². The van der Waals surface area contributed by atoms with Gasteiger partial charge in [0.25, 0.3) is 5.91 Å². The minimum Gasteiger partial charge on any atom is -0.493 e. The zero-order valence-electron chi connectivity index (χ0n) is 26.1. The molecule has 7 aromatic rings. The Hall–Kier alpha value is -6.29. The molecule has 51 heavy (non-hydrogen) atoms. The second-order valence-electron chi connectivity index (χ2n) is 11.0. The molecule has 2 N–H and O–H groups in total. The summed E-state index contributed by atoms with van der Waals surface area (Å²) in [4.78, 5) is 31.7. The first kappa shape index (κ1) is 34.6. The number of rotatable bonds is 5. The quantitative estimate of drug-likeness (QED) is 0.195. The fourth-order valence-electron chi connectivity index (χ4n) is 5.55. The number of amides is 1. The zero-order valence-corrected chi connectivity index (χ0v) is 27.1. The molecule has 1 aliphatic heterocycles. The van der Waals surface area contributed by atoms with E-state index in [1.54, 1.807) is 0 Å². The molecule has 1 amide bonds. The molecule has 3 aromatic carbocycles. The van der Waals surface area contributed by atoms with Crippen molar-refractivity contribution in [2.45, 2.75) is 12.5 Å². The summed E-state index contributed by atoms with van der Waals surface area (Å²) in [5.74, 6) is -3.61. The van der Waals surface area contributed by atoms with Gasteiger partial charge < -0.3 is 15.2 Å². The number of aromatic carboxylic acids is 1. The Morgan fingerprint density at radius 1 is 0.725 bits per heavy atom. The number of nitrogens with zero attached hydrogens (tertiary/aromatic N) is 6. The van der Waals surface area contributed by atoms with Crippen LogP contribution in [0.5, 0.6) is 5.75 Å². The van der Waals surface area contributed by atoms with Crippen LogP contribution in [0.2, 0.25) is 0 Å². The third kappa shape index (κ3) is 6.68. The van der Waals surface area contributed by atoms with Gasteiger partial charge in [0.1, 0.15) is 29.0 Å². The van der Waals surface area contributed by atoms with Crippen molar-refractivity contribution >= 4 is 36.7 Å². The number of nitrogens with one attached hydrogen (secondary N) is 1. The van der Waals surface area contributed by atoms with Crippen LogP contribution in [0.4, 0.5) is 17.6 Å². The lowest BCUT2D eigenvalue weighted by molar-refractivity contribution is 0.0696. The molecule has 4 aromatic heterocycles. The van der Waals surface area contributed by atoms with Crippen molar-refractivity contribution in [3.05, 3.63) is 138 Å². The number of halogens is 4. The maximum Gasteiger partial charge on any atom is 0.337 e. The Morgan fingerprint density at radius 3 is 1.78 bits per heavy atom. The number of carboxylic acids is 1. The highest BCUT2D eigenvalue weighted by Crippen LogP contribution is 2.32. The fourth-order valence-corrected chi connectivity index (χ4v) is 5.55. The number of aromatic nitrogens is 6. The summed E-state index contributed by atoms with van der Waals surface area (Å²) in [7, 11) is 0. The Labute approximate surface area is 292 Å². The van der Waals surface area contributed by atoms with E-state index in [2.05, 4.69) is 25.5 Å². The number of hydrogen-bond donors (Lipinski definition) is 2. The molecule has 0 saturated heterocycles. The largest absolute Gasteiger partial charge is 0.493 e. The van der Waals surface area contributed by atoms with Crippen molar-refractivity contribution in [1.29, 1.82) is 0 Å². The number of fused-ring (bicyclic) bond motifs is 3. The van der Waals surface area contributed by atoms with E-state index >= 15 is 0 Å². The first-order valence-electron chi connectivity index (χ1n) is 15.0. The van der Waals surface area contributed by atoms with Crippen molar-refractivity contribution < 1.29 is 37.0 Å². The van der Waals surface area contributed by atoms with Crippen LogP contribution in [0.25, 0.3) is 33.8 Å². The van der Waals surface area contributed by atoms with Gasteiger partial charge in [-0.15, -0.1) is 0 Å². The van der Waals surface area contributed by atoms with E-state index < -0.39 is 29.2 Å². The third-order valence-corrected chi connectivity index (χ3v) is 7.93. The highest BCUT2D eigenvalue weighted by molar-refractivity contribution is 7.59. The minimum atomic E-state index is -1.15. The lowest BCUT2D eigenvalue weighted by Gasteiger charge is -2.26. The van der Waals surface area contributed by atoms with E-state index in [0.717, 1.165) is 29.6 Å². The summed E-state index contributed by atoms with van der Waals surface area (Å²) in [6, 6.07) is 17.4. The molecule has 1 atom stereocenters. The van der Waals surface area contributed by atoms with Gasteiger partial charge in [-0.2, -0.15) is 23.7 Å². The molecule has 0 saturated carbocycles. The van der Waals surface area contributed by atoms with Crippen LogP contribution in [0.1, 0.15) is 38.7 Å². The van der Waals surface area contributed by atoms with Crippen LogP contribution in [-0.2, 0) is 0 Å². The number of carbonyl (C=O) groups is 2. The predicted molar refractivity (Wildman–Crippen MR) is 181 cm³/mol. The fraction of sp³-hybridized carbons (Fsp3) is 0.0857. The van der Waals surface area contributed by atoms with Crippen molar-refractivity contribution in [3.8, 4) is 28.3 Å². The summed E-state index contributed by atoms with van der Waals surface area (Å²) < 4.78 is 63.9. The highest BCUT2D eigenvalue weighted by atomic mass is 32.1. The lowest BCUT2D eigenvalue weighted by atomic mass is 10.0. The van der Waals surface area contributed by atoms with Crippen LogP contribution in [0.3, 0.4) is 0 Å². The minimum absolute atomic E-state index is 0. The molecule has 5 heterocycles. The molecule has 0 unspecified atom stereocenters. The number of imidazole rings is 2. The lowest BCUT2D eigenvalue weighted by Crippen LogP contribution is -2.32. The van der Waals surface area contributed by atoms with Crippen LogP contribution in [-0.4, -0.2) is 52.8 Å². The summed E-state index contributed by atoms with van der Waals surface area (Å²) in [5.41, 5.74) is 1.50. The third-order valence-electron chi connectivity index (χ3n) is 7.93. The molecule has 0 fully saturated rings. The molecular weight excluding hydrogens is 690 g/mol. The number of para-hydroxylation sites is 1. The van der Waals surface area contributed by atoms with Crippen LogP contribution < -0.4 is 10.1 Å². The van der Waals surface area contributed by atoms with E-state index in [4.69, 9.17) is 9.84 Å². The summed E-state index contributed by atoms with van der Waals surface area (Å²) in [5, 5.41) is 19.9. The molecule has 16 heteroatoms. The molecular formula is C35H25F4N7O4S. The van der Waals surface area contributed by atoms with Gasteiger partial charge in [-0.05, 0) is 42.5 Å². The number of ether oxygens (including phenoxy) is 1. The summed E-state index contributed by atoms with van der Waals surface area (Å²) in [6.45, 7) is 0.511. The SMILES string of the molecule is O=C(N[C@H]1CCOc2ccccc21)c1cnn2c(-c3c(F)cccc3F)cnc2c1.O=C(O)c1cnn2c(-c3c(F)cccc3F)cnc2c1.S. The number of benzene rings is 3. The second kappa shape index (κ2) is 14.3. The van der Waals surface area contributed by atoms with E-state index in [0.29, 0.717) is 24.2 Å². The van der Waals surface area contributed by atoms with Gasteiger partial charge in [0.2, 0.25) is 0 Å². The van der Waals surface area contributed by atoms with Gasteiger partial charge >= 0.3 is 5.97 Å². The average Bonchev–Trinajstić information content (AvgIpc) is 3.72. The Morgan fingerprint density at radius 2 is 1.24 bits per heavy atom. The number of hydrogen-bond acceptors (Lipinski definition) is 7.